The van der Waals surface area contributed by atoms with Crippen LogP contribution in [0.3, 0.4) is 0 Å². The summed E-state index contributed by atoms with van der Waals surface area (Å²) in [5.74, 6) is 0.625. The zero-order valence-corrected chi connectivity index (χ0v) is 14.0. The predicted octanol–water partition coefficient (Wildman–Crippen LogP) is 4.11. The van der Waals surface area contributed by atoms with Crippen molar-refractivity contribution in [1.82, 2.24) is 5.32 Å². The number of nitrogens with one attached hydrogen (secondary N) is 2. The Labute approximate surface area is 144 Å². The summed E-state index contributed by atoms with van der Waals surface area (Å²) in [5, 5.41) is 5.13. The average molecular weight is 350 g/mol. The lowest BCUT2D eigenvalue weighted by atomic mass is 10.2. The lowest BCUT2D eigenvalue weighted by molar-refractivity contribution is -0.0493. The van der Waals surface area contributed by atoms with E-state index in [-0.39, 0.29) is 24.6 Å². The Kier molecular flexibility index (Phi) is 6.56. The molecule has 2 N–H and O–H groups in total. The SMILES string of the molecule is Cc1ccc(OCCNC(=O)Nc2c(C)cccc2OC(F)F)cc1. The van der Waals surface area contributed by atoms with Gasteiger partial charge >= 0.3 is 12.6 Å². The van der Waals surface area contributed by atoms with E-state index in [0.29, 0.717) is 11.3 Å². The molecule has 2 aromatic rings. The third-order valence-electron chi connectivity index (χ3n) is 3.37. The quantitative estimate of drug-likeness (QED) is 0.739. The fourth-order valence-corrected chi connectivity index (χ4v) is 2.12. The number of alkyl halides is 2. The van der Waals surface area contributed by atoms with Crippen LogP contribution < -0.4 is 20.1 Å². The van der Waals surface area contributed by atoms with Gasteiger partial charge in [-0.05, 0) is 37.6 Å². The fourth-order valence-electron chi connectivity index (χ4n) is 2.12. The number of benzene rings is 2. The van der Waals surface area contributed by atoms with E-state index in [2.05, 4.69) is 15.4 Å². The van der Waals surface area contributed by atoms with Crippen LogP contribution in [0.25, 0.3) is 0 Å². The van der Waals surface area contributed by atoms with E-state index in [1.807, 2.05) is 31.2 Å². The molecule has 0 aliphatic carbocycles. The number of halogens is 2. The van der Waals surface area contributed by atoms with Gasteiger partial charge in [0, 0.05) is 0 Å². The minimum absolute atomic E-state index is 0.0824. The van der Waals surface area contributed by atoms with Crippen LogP contribution in [-0.4, -0.2) is 25.8 Å². The van der Waals surface area contributed by atoms with Gasteiger partial charge in [0.2, 0.25) is 0 Å². The minimum Gasteiger partial charge on any atom is -0.492 e. The van der Waals surface area contributed by atoms with Crippen molar-refractivity contribution in [3.05, 3.63) is 53.6 Å². The number of aryl methyl sites for hydroxylation is 2. The Morgan fingerprint density at radius 1 is 1.12 bits per heavy atom. The topological polar surface area (TPSA) is 59.6 Å². The van der Waals surface area contributed by atoms with Crippen LogP contribution in [0.15, 0.2) is 42.5 Å². The lowest BCUT2D eigenvalue weighted by Gasteiger charge is -2.15. The van der Waals surface area contributed by atoms with Gasteiger partial charge in [0.1, 0.15) is 18.1 Å². The second-order valence-corrected chi connectivity index (χ2v) is 5.37. The van der Waals surface area contributed by atoms with Gasteiger partial charge in [-0.3, -0.25) is 0 Å². The van der Waals surface area contributed by atoms with Gasteiger partial charge in [0.25, 0.3) is 0 Å². The van der Waals surface area contributed by atoms with Crippen LogP contribution in [-0.2, 0) is 0 Å². The number of hydrogen-bond donors (Lipinski definition) is 2. The van der Waals surface area contributed by atoms with Crippen LogP contribution in [0.4, 0.5) is 19.3 Å². The minimum atomic E-state index is -2.96. The van der Waals surface area contributed by atoms with E-state index in [1.165, 1.54) is 6.07 Å². The smallest absolute Gasteiger partial charge is 0.387 e. The molecular weight excluding hydrogens is 330 g/mol. The first-order valence-corrected chi connectivity index (χ1v) is 7.74. The molecule has 0 radical (unpaired) electrons. The van der Waals surface area contributed by atoms with Crippen molar-refractivity contribution in [2.24, 2.45) is 0 Å². The monoisotopic (exact) mass is 350 g/mol. The molecule has 2 amide bonds. The molecule has 0 aromatic heterocycles. The highest BCUT2D eigenvalue weighted by Gasteiger charge is 2.13. The highest BCUT2D eigenvalue weighted by atomic mass is 19.3. The lowest BCUT2D eigenvalue weighted by Crippen LogP contribution is -2.32. The van der Waals surface area contributed by atoms with Crippen LogP contribution in [0, 0.1) is 13.8 Å². The van der Waals surface area contributed by atoms with E-state index < -0.39 is 12.6 Å². The van der Waals surface area contributed by atoms with Crippen LogP contribution >= 0.6 is 0 Å². The molecule has 0 saturated carbocycles. The predicted molar refractivity (Wildman–Crippen MR) is 91.5 cm³/mol. The first kappa shape index (κ1) is 18.5. The van der Waals surface area contributed by atoms with Crippen molar-refractivity contribution < 1.29 is 23.0 Å². The van der Waals surface area contributed by atoms with E-state index in [4.69, 9.17) is 4.74 Å². The number of carbonyl (C=O) groups is 1. The maximum Gasteiger partial charge on any atom is 0.387 e. The summed E-state index contributed by atoms with van der Waals surface area (Å²) in [6, 6.07) is 11.7. The molecule has 0 saturated heterocycles. The Bertz CT molecular complexity index is 706. The van der Waals surface area contributed by atoms with Gasteiger partial charge in [0.15, 0.2) is 0 Å². The molecular formula is C18H20F2N2O3. The molecule has 0 aliphatic heterocycles. The second-order valence-electron chi connectivity index (χ2n) is 5.37. The van der Waals surface area contributed by atoms with Gasteiger partial charge in [0.05, 0.1) is 12.2 Å². The highest BCUT2D eigenvalue weighted by molar-refractivity contribution is 5.91. The Hall–Kier alpha value is -2.83. The van der Waals surface area contributed by atoms with Crippen molar-refractivity contribution in [1.29, 1.82) is 0 Å². The Morgan fingerprint density at radius 2 is 1.84 bits per heavy atom. The number of anilines is 1. The molecule has 0 aliphatic rings. The largest absolute Gasteiger partial charge is 0.492 e. The molecule has 7 heteroatoms. The molecule has 0 fully saturated rings. The number of carbonyl (C=O) groups excluding carboxylic acids is 1. The van der Waals surface area contributed by atoms with Crippen molar-refractivity contribution in [3.8, 4) is 11.5 Å². The molecule has 2 rings (SSSR count). The van der Waals surface area contributed by atoms with Crippen LogP contribution in [0.1, 0.15) is 11.1 Å². The van der Waals surface area contributed by atoms with Gasteiger partial charge in [-0.25, -0.2) is 4.79 Å². The van der Waals surface area contributed by atoms with Crippen LogP contribution in [0.5, 0.6) is 11.5 Å². The van der Waals surface area contributed by atoms with Crippen molar-refractivity contribution in [2.75, 3.05) is 18.5 Å². The van der Waals surface area contributed by atoms with Gasteiger partial charge < -0.3 is 20.1 Å². The van der Waals surface area contributed by atoms with Crippen molar-refractivity contribution >= 4 is 11.7 Å². The van der Waals surface area contributed by atoms with Crippen molar-refractivity contribution in [2.45, 2.75) is 20.5 Å². The average Bonchev–Trinajstić information content (AvgIpc) is 2.56. The molecule has 134 valence electrons. The number of ether oxygens (including phenoxy) is 2. The number of rotatable bonds is 7. The number of amides is 2. The molecule has 0 spiro atoms. The van der Waals surface area contributed by atoms with Crippen LogP contribution in [0.2, 0.25) is 0 Å². The van der Waals surface area contributed by atoms with E-state index >= 15 is 0 Å². The zero-order valence-electron chi connectivity index (χ0n) is 14.0. The summed E-state index contributed by atoms with van der Waals surface area (Å²) in [7, 11) is 0. The summed E-state index contributed by atoms with van der Waals surface area (Å²) >= 11 is 0. The second kappa shape index (κ2) is 8.86. The van der Waals surface area contributed by atoms with Gasteiger partial charge in [-0.1, -0.05) is 29.8 Å². The molecule has 0 atom stereocenters. The van der Waals surface area contributed by atoms with E-state index in [9.17, 15) is 13.6 Å². The molecule has 5 nitrogen and oxygen atoms in total. The normalized spacial score (nSPS) is 10.4. The molecule has 2 aromatic carbocycles. The molecule has 0 unspecified atom stereocenters. The summed E-state index contributed by atoms with van der Waals surface area (Å²) in [6.45, 7) is 1.25. The van der Waals surface area contributed by atoms with Crippen molar-refractivity contribution in [3.63, 3.8) is 0 Å². The first-order chi connectivity index (χ1) is 12.0. The first-order valence-electron chi connectivity index (χ1n) is 7.74. The Morgan fingerprint density at radius 3 is 2.52 bits per heavy atom. The number of hydrogen-bond acceptors (Lipinski definition) is 3. The number of para-hydroxylation sites is 1. The zero-order chi connectivity index (χ0) is 18.2. The maximum atomic E-state index is 12.4. The summed E-state index contributed by atoms with van der Waals surface area (Å²) in [6.07, 6.45) is 0. The summed E-state index contributed by atoms with van der Waals surface area (Å²) in [4.78, 5) is 11.9. The Balaban J connectivity index is 1.83. The van der Waals surface area contributed by atoms with Gasteiger partial charge in [-0.15, -0.1) is 0 Å². The third-order valence-corrected chi connectivity index (χ3v) is 3.37. The number of urea groups is 1. The van der Waals surface area contributed by atoms with E-state index in [0.717, 1.165) is 5.56 Å². The molecule has 0 heterocycles. The van der Waals surface area contributed by atoms with Gasteiger partial charge in [-0.2, -0.15) is 8.78 Å². The maximum absolute atomic E-state index is 12.4. The van der Waals surface area contributed by atoms with E-state index in [1.54, 1.807) is 19.1 Å². The standard InChI is InChI=1S/C18H20F2N2O3/c1-12-6-8-14(9-7-12)24-11-10-21-18(23)22-16-13(2)4-3-5-15(16)25-17(19)20/h3-9,17H,10-11H2,1-2H3,(H2,21,22,23). The fraction of sp³-hybridized carbons (Fsp3) is 0.278. The molecule has 0 bridgehead atoms. The molecule has 25 heavy (non-hydrogen) atoms. The summed E-state index contributed by atoms with van der Waals surface area (Å²) < 4.78 is 34.8. The third kappa shape index (κ3) is 5.95. The summed E-state index contributed by atoms with van der Waals surface area (Å²) in [5.41, 5.74) is 1.95. The highest BCUT2D eigenvalue weighted by Crippen LogP contribution is 2.29.